The van der Waals surface area contributed by atoms with Gasteiger partial charge in [0.15, 0.2) is 11.5 Å². The Morgan fingerprint density at radius 1 is 1.00 bits per heavy atom. The van der Waals surface area contributed by atoms with Crippen LogP contribution in [0, 0.1) is 0 Å². The van der Waals surface area contributed by atoms with E-state index < -0.39 is 9.84 Å². The monoisotopic (exact) mass is 444 g/mol. The van der Waals surface area contributed by atoms with Crippen molar-refractivity contribution in [1.29, 1.82) is 0 Å². The van der Waals surface area contributed by atoms with Crippen LogP contribution < -0.4 is 14.2 Å². The van der Waals surface area contributed by atoms with Crippen molar-refractivity contribution < 1.29 is 27.0 Å². The smallest absolute Gasteiger partial charge is 0.248 e. The van der Waals surface area contributed by atoms with E-state index in [-0.39, 0.29) is 23.5 Å². The van der Waals surface area contributed by atoms with Crippen LogP contribution in [-0.4, -0.2) is 55.8 Å². The standard InChI is InChI=1S/C20H20N4O6S/c1-27-15-9-12(10-16(28-2)18(15)29-3)19-23-22-17(30-19)11-24-14-8-6-5-7-13(14)21-20(24)31(4,25)26/h5-10H,11H2,1-4H3. The van der Waals surface area contributed by atoms with Crippen LogP contribution >= 0.6 is 0 Å². The van der Waals surface area contributed by atoms with Gasteiger partial charge in [0.1, 0.15) is 6.54 Å². The van der Waals surface area contributed by atoms with E-state index in [2.05, 4.69) is 15.2 Å². The van der Waals surface area contributed by atoms with Gasteiger partial charge in [-0.15, -0.1) is 10.2 Å². The Morgan fingerprint density at radius 2 is 1.68 bits per heavy atom. The molecular formula is C20H20N4O6S. The zero-order valence-electron chi connectivity index (χ0n) is 17.3. The van der Waals surface area contributed by atoms with Crippen LogP contribution in [0.1, 0.15) is 5.89 Å². The molecule has 31 heavy (non-hydrogen) atoms. The van der Waals surface area contributed by atoms with E-state index in [1.807, 2.05) is 6.07 Å². The molecule has 2 heterocycles. The van der Waals surface area contributed by atoms with Gasteiger partial charge in [-0.05, 0) is 24.3 Å². The maximum absolute atomic E-state index is 12.3. The number of rotatable bonds is 7. The zero-order valence-corrected chi connectivity index (χ0v) is 18.1. The number of para-hydroxylation sites is 2. The van der Waals surface area contributed by atoms with Crippen molar-refractivity contribution in [2.75, 3.05) is 27.6 Å². The molecule has 4 aromatic rings. The van der Waals surface area contributed by atoms with Crippen molar-refractivity contribution in [3.63, 3.8) is 0 Å². The van der Waals surface area contributed by atoms with E-state index in [4.69, 9.17) is 18.6 Å². The van der Waals surface area contributed by atoms with E-state index in [1.165, 1.54) is 25.9 Å². The summed E-state index contributed by atoms with van der Waals surface area (Å²) in [5, 5.41) is 8.10. The van der Waals surface area contributed by atoms with E-state index >= 15 is 0 Å². The van der Waals surface area contributed by atoms with Gasteiger partial charge < -0.3 is 23.2 Å². The molecule has 0 aliphatic heterocycles. The molecule has 0 saturated carbocycles. The highest BCUT2D eigenvalue weighted by molar-refractivity contribution is 7.90. The summed E-state index contributed by atoms with van der Waals surface area (Å²) in [7, 11) is 0.964. The summed E-state index contributed by atoms with van der Waals surface area (Å²) in [6.07, 6.45) is 1.11. The summed E-state index contributed by atoms with van der Waals surface area (Å²) in [5.74, 6) is 1.76. The number of methoxy groups -OCH3 is 3. The maximum atomic E-state index is 12.3. The molecular weight excluding hydrogens is 424 g/mol. The topological polar surface area (TPSA) is 119 Å². The Morgan fingerprint density at radius 3 is 2.29 bits per heavy atom. The van der Waals surface area contributed by atoms with Gasteiger partial charge in [0.05, 0.1) is 32.4 Å². The van der Waals surface area contributed by atoms with Crippen LogP contribution in [0.5, 0.6) is 17.2 Å². The quantitative estimate of drug-likeness (QED) is 0.424. The predicted octanol–water partition coefficient (Wildman–Crippen LogP) is 2.56. The van der Waals surface area contributed by atoms with Crippen LogP contribution in [-0.2, 0) is 16.4 Å². The molecule has 0 saturated heterocycles. The number of aromatic nitrogens is 4. The summed E-state index contributed by atoms with van der Waals surface area (Å²) in [6, 6.07) is 10.5. The number of hydrogen-bond donors (Lipinski definition) is 0. The molecule has 11 heteroatoms. The van der Waals surface area contributed by atoms with Gasteiger partial charge in [-0.25, -0.2) is 13.4 Å². The fourth-order valence-electron chi connectivity index (χ4n) is 3.26. The summed E-state index contributed by atoms with van der Waals surface area (Å²) in [4.78, 5) is 4.25. The first-order valence-corrected chi connectivity index (χ1v) is 11.0. The van der Waals surface area contributed by atoms with E-state index in [0.29, 0.717) is 33.8 Å². The van der Waals surface area contributed by atoms with Crippen LogP contribution in [0.2, 0.25) is 0 Å². The number of fused-ring (bicyclic) bond motifs is 1. The lowest BCUT2D eigenvalue weighted by Crippen LogP contribution is -2.10. The lowest BCUT2D eigenvalue weighted by Gasteiger charge is -2.12. The molecule has 0 spiro atoms. The molecule has 10 nitrogen and oxygen atoms in total. The molecule has 4 rings (SSSR count). The van der Waals surface area contributed by atoms with Crippen molar-refractivity contribution in [2.45, 2.75) is 11.7 Å². The van der Waals surface area contributed by atoms with Crippen molar-refractivity contribution in [3.05, 3.63) is 42.3 Å². The van der Waals surface area contributed by atoms with Gasteiger partial charge in [0.2, 0.25) is 32.5 Å². The average molecular weight is 444 g/mol. The number of hydrogen-bond acceptors (Lipinski definition) is 9. The first-order chi connectivity index (χ1) is 14.9. The summed E-state index contributed by atoms with van der Waals surface area (Å²) < 4.78 is 47.9. The Hall–Kier alpha value is -3.60. The minimum Gasteiger partial charge on any atom is -0.493 e. The van der Waals surface area contributed by atoms with E-state index in [1.54, 1.807) is 30.3 Å². The SMILES string of the molecule is COc1cc(-c2nnc(Cn3c(S(C)(=O)=O)nc4ccccc43)o2)cc(OC)c1OC. The number of nitrogens with zero attached hydrogens (tertiary/aromatic N) is 4. The average Bonchev–Trinajstić information content (AvgIpc) is 3.38. The van der Waals surface area contributed by atoms with Crippen LogP contribution in [0.3, 0.4) is 0 Å². The van der Waals surface area contributed by atoms with Gasteiger partial charge >= 0.3 is 0 Å². The third-order valence-corrected chi connectivity index (χ3v) is 5.60. The van der Waals surface area contributed by atoms with Gasteiger partial charge in [0, 0.05) is 11.8 Å². The highest BCUT2D eigenvalue weighted by Crippen LogP contribution is 2.40. The van der Waals surface area contributed by atoms with Gasteiger partial charge in [-0.1, -0.05) is 12.1 Å². The van der Waals surface area contributed by atoms with Crippen molar-refractivity contribution in [3.8, 4) is 28.7 Å². The molecule has 0 unspecified atom stereocenters. The summed E-state index contributed by atoms with van der Waals surface area (Å²) in [5.41, 5.74) is 1.77. The fraction of sp³-hybridized carbons (Fsp3) is 0.250. The van der Waals surface area contributed by atoms with Gasteiger partial charge in [0.25, 0.3) is 0 Å². The molecule has 0 atom stereocenters. The first kappa shape index (κ1) is 20.7. The lowest BCUT2D eigenvalue weighted by atomic mass is 10.2. The highest BCUT2D eigenvalue weighted by Gasteiger charge is 2.22. The molecule has 0 amide bonds. The molecule has 2 aromatic heterocycles. The minimum atomic E-state index is -3.57. The third-order valence-electron chi connectivity index (χ3n) is 4.62. The lowest BCUT2D eigenvalue weighted by molar-refractivity contribution is 0.324. The number of sulfone groups is 1. The van der Waals surface area contributed by atoms with Crippen LogP contribution in [0.4, 0.5) is 0 Å². The van der Waals surface area contributed by atoms with E-state index in [9.17, 15) is 8.42 Å². The van der Waals surface area contributed by atoms with Gasteiger partial charge in [-0.3, -0.25) is 0 Å². The summed E-state index contributed by atoms with van der Waals surface area (Å²) in [6.45, 7) is 0.0420. The number of benzene rings is 2. The maximum Gasteiger partial charge on any atom is 0.248 e. The molecule has 0 bridgehead atoms. The van der Waals surface area contributed by atoms with Crippen molar-refractivity contribution >= 4 is 20.9 Å². The van der Waals surface area contributed by atoms with Crippen molar-refractivity contribution in [2.24, 2.45) is 0 Å². The second-order valence-electron chi connectivity index (χ2n) is 6.66. The molecule has 2 aromatic carbocycles. The fourth-order valence-corrected chi connectivity index (χ4v) is 4.09. The molecule has 0 aliphatic rings. The predicted molar refractivity (Wildman–Crippen MR) is 111 cm³/mol. The van der Waals surface area contributed by atoms with Crippen LogP contribution in [0.15, 0.2) is 46.0 Å². The molecule has 0 N–H and O–H groups in total. The molecule has 0 aliphatic carbocycles. The minimum absolute atomic E-state index is 0.0420. The Labute approximate surface area is 178 Å². The second-order valence-corrected chi connectivity index (χ2v) is 8.57. The Balaban J connectivity index is 1.75. The Kier molecular flexibility index (Phi) is 5.27. The third kappa shape index (κ3) is 3.79. The normalized spacial score (nSPS) is 11.6. The summed E-state index contributed by atoms with van der Waals surface area (Å²) >= 11 is 0. The molecule has 162 valence electrons. The second kappa shape index (κ2) is 7.91. The van der Waals surface area contributed by atoms with Crippen LogP contribution in [0.25, 0.3) is 22.5 Å². The van der Waals surface area contributed by atoms with E-state index in [0.717, 1.165) is 6.26 Å². The number of imidazole rings is 1. The first-order valence-electron chi connectivity index (χ1n) is 9.13. The zero-order chi connectivity index (χ0) is 22.2. The van der Waals surface area contributed by atoms with Gasteiger partial charge in [-0.2, -0.15) is 0 Å². The Bertz CT molecular complexity index is 1330. The largest absolute Gasteiger partial charge is 0.493 e. The molecule has 0 fully saturated rings. The highest BCUT2D eigenvalue weighted by atomic mass is 32.2. The number of ether oxygens (including phenoxy) is 3. The molecule has 0 radical (unpaired) electrons. The van der Waals surface area contributed by atoms with Crippen molar-refractivity contribution in [1.82, 2.24) is 19.7 Å².